The zero-order valence-electron chi connectivity index (χ0n) is 11.3. The lowest BCUT2D eigenvalue weighted by Crippen LogP contribution is -2.42. The molecular formula is C15H16N4O. The average Bonchev–Trinajstić information content (AvgIpc) is 2.47. The van der Waals surface area contributed by atoms with Gasteiger partial charge in [-0.3, -0.25) is 4.79 Å². The Balaban J connectivity index is 1.99. The maximum Gasteiger partial charge on any atom is 0.258 e. The first-order valence-corrected chi connectivity index (χ1v) is 6.50. The van der Waals surface area contributed by atoms with E-state index in [2.05, 4.69) is 9.88 Å². The van der Waals surface area contributed by atoms with Gasteiger partial charge in [0.05, 0.1) is 11.4 Å². The van der Waals surface area contributed by atoms with Gasteiger partial charge in [0.25, 0.3) is 5.91 Å². The van der Waals surface area contributed by atoms with Crippen molar-refractivity contribution in [2.24, 2.45) is 0 Å². The molecule has 20 heavy (non-hydrogen) atoms. The maximum atomic E-state index is 12.6. The molecule has 1 aliphatic rings. The Labute approximate surface area is 117 Å². The first kappa shape index (κ1) is 12.5. The molecule has 0 radical (unpaired) electrons. The Hall–Kier alpha value is -2.56. The number of hydrogen-bond acceptors (Lipinski definition) is 4. The fourth-order valence-electron chi connectivity index (χ4n) is 2.45. The third-order valence-electron chi connectivity index (χ3n) is 3.52. The van der Waals surface area contributed by atoms with Crippen LogP contribution in [0, 0.1) is 0 Å². The van der Waals surface area contributed by atoms with Crippen molar-refractivity contribution in [2.45, 2.75) is 0 Å². The third-order valence-corrected chi connectivity index (χ3v) is 3.52. The molecule has 0 spiro atoms. The van der Waals surface area contributed by atoms with Gasteiger partial charge in [-0.25, -0.2) is 4.98 Å². The van der Waals surface area contributed by atoms with Crippen molar-refractivity contribution in [3.8, 4) is 0 Å². The van der Waals surface area contributed by atoms with Crippen LogP contribution in [0.1, 0.15) is 10.4 Å². The van der Waals surface area contributed by atoms with Crippen molar-refractivity contribution in [3.63, 3.8) is 0 Å². The van der Waals surface area contributed by atoms with Crippen molar-refractivity contribution < 1.29 is 4.79 Å². The highest BCUT2D eigenvalue weighted by Crippen LogP contribution is 2.32. The van der Waals surface area contributed by atoms with E-state index in [1.54, 1.807) is 23.2 Å². The van der Waals surface area contributed by atoms with Crippen LogP contribution < -0.4 is 15.5 Å². The first-order valence-electron chi connectivity index (χ1n) is 6.50. The van der Waals surface area contributed by atoms with Crippen LogP contribution in [-0.2, 0) is 0 Å². The number of fused-ring (bicyclic) bond motifs is 1. The zero-order chi connectivity index (χ0) is 14.1. The molecule has 0 saturated carbocycles. The van der Waals surface area contributed by atoms with Gasteiger partial charge in [-0.2, -0.15) is 0 Å². The van der Waals surface area contributed by atoms with Crippen LogP contribution in [0.3, 0.4) is 0 Å². The molecule has 0 fully saturated rings. The molecule has 0 saturated heterocycles. The summed E-state index contributed by atoms with van der Waals surface area (Å²) in [7, 11) is 2.03. The molecule has 1 aliphatic heterocycles. The molecule has 0 unspecified atom stereocenters. The SMILES string of the molecule is CN1CCN(C(=O)c2ccnc(N)c2)c2ccccc21. The third kappa shape index (κ3) is 2.07. The van der Waals surface area contributed by atoms with Crippen LogP contribution >= 0.6 is 0 Å². The minimum absolute atomic E-state index is 0.0420. The predicted molar refractivity (Wildman–Crippen MR) is 80.0 cm³/mol. The monoisotopic (exact) mass is 268 g/mol. The molecule has 5 nitrogen and oxygen atoms in total. The lowest BCUT2D eigenvalue weighted by atomic mass is 10.1. The summed E-state index contributed by atoms with van der Waals surface area (Å²) in [4.78, 5) is 20.5. The highest BCUT2D eigenvalue weighted by atomic mass is 16.2. The Bertz CT molecular complexity index is 656. The van der Waals surface area contributed by atoms with Gasteiger partial charge in [0.15, 0.2) is 0 Å². The number of para-hydroxylation sites is 2. The van der Waals surface area contributed by atoms with Gasteiger partial charge in [-0.15, -0.1) is 0 Å². The largest absolute Gasteiger partial charge is 0.384 e. The van der Waals surface area contributed by atoms with Gasteiger partial charge in [0.2, 0.25) is 0 Å². The number of rotatable bonds is 1. The summed E-state index contributed by atoms with van der Waals surface area (Å²) in [5, 5.41) is 0. The van der Waals surface area contributed by atoms with Crippen LogP contribution in [0.15, 0.2) is 42.6 Å². The number of likely N-dealkylation sites (N-methyl/N-ethyl adjacent to an activating group) is 1. The normalized spacial score (nSPS) is 14.1. The summed E-state index contributed by atoms with van der Waals surface area (Å²) >= 11 is 0. The zero-order valence-corrected chi connectivity index (χ0v) is 11.3. The summed E-state index contributed by atoms with van der Waals surface area (Å²) < 4.78 is 0. The van der Waals surface area contributed by atoms with E-state index in [4.69, 9.17) is 5.73 Å². The number of nitrogen functional groups attached to an aromatic ring is 1. The second-order valence-electron chi connectivity index (χ2n) is 4.84. The fourth-order valence-corrected chi connectivity index (χ4v) is 2.45. The molecule has 2 aromatic rings. The number of carbonyl (C=O) groups is 1. The molecule has 102 valence electrons. The molecule has 5 heteroatoms. The van der Waals surface area contributed by atoms with E-state index in [1.807, 2.05) is 31.3 Å². The quantitative estimate of drug-likeness (QED) is 0.856. The summed E-state index contributed by atoms with van der Waals surface area (Å²) in [6, 6.07) is 11.2. The van der Waals surface area contributed by atoms with Crippen molar-refractivity contribution in [1.29, 1.82) is 0 Å². The molecule has 0 aliphatic carbocycles. The van der Waals surface area contributed by atoms with E-state index < -0.39 is 0 Å². The fraction of sp³-hybridized carbons (Fsp3) is 0.200. The lowest BCUT2D eigenvalue weighted by molar-refractivity contribution is 0.0986. The highest BCUT2D eigenvalue weighted by Gasteiger charge is 2.25. The van der Waals surface area contributed by atoms with Crippen molar-refractivity contribution in [3.05, 3.63) is 48.2 Å². The van der Waals surface area contributed by atoms with Gasteiger partial charge < -0.3 is 15.5 Å². The number of aromatic nitrogens is 1. The number of carbonyl (C=O) groups excluding carboxylic acids is 1. The van der Waals surface area contributed by atoms with Gasteiger partial charge in [0.1, 0.15) is 5.82 Å². The Kier molecular flexibility index (Phi) is 3.02. The first-order chi connectivity index (χ1) is 9.66. The van der Waals surface area contributed by atoms with E-state index in [-0.39, 0.29) is 5.91 Å². The van der Waals surface area contributed by atoms with Gasteiger partial charge in [-0.05, 0) is 24.3 Å². The molecule has 2 N–H and O–H groups in total. The second-order valence-corrected chi connectivity index (χ2v) is 4.84. The number of anilines is 3. The number of pyridine rings is 1. The van der Waals surface area contributed by atoms with Crippen LogP contribution in [0.5, 0.6) is 0 Å². The molecule has 2 heterocycles. The van der Waals surface area contributed by atoms with E-state index in [1.165, 1.54) is 0 Å². The number of hydrogen-bond donors (Lipinski definition) is 1. The Morgan fingerprint density at radius 1 is 1.20 bits per heavy atom. The smallest absolute Gasteiger partial charge is 0.258 e. The number of amides is 1. The standard InChI is InChI=1S/C15H16N4O/c1-18-8-9-19(13-5-3-2-4-12(13)18)15(20)11-6-7-17-14(16)10-11/h2-7,10H,8-9H2,1H3,(H2,16,17). The van der Waals surface area contributed by atoms with Crippen LogP contribution in [0.25, 0.3) is 0 Å². The van der Waals surface area contributed by atoms with Crippen LogP contribution in [0.4, 0.5) is 17.2 Å². The van der Waals surface area contributed by atoms with E-state index in [0.29, 0.717) is 17.9 Å². The Morgan fingerprint density at radius 3 is 2.70 bits per heavy atom. The van der Waals surface area contributed by atoms with E-state index >= 15 is 0 Å². The molecule has 1 amide bonds. The lowest BCUT2D eigenvalue weighted by Gasteiger charge is -2.35. The summed E-state index contributed by atoms with van der Waals surface area (Å²) in [6.07, 6.45) is 1.56. The van der Waals surface area contributed by atoms with Crippen LogP contribution in [-0.4, -0.2) is 31.0 Å². The summed E-state index contributed by atoms with van der Waals surface area (Å²) in [5.41, 5.74) is 8.22. The van der Waals surface area contributed by atoms with E-state index in [0.717, 1.165) is 17.9 Å². The highest BCUT2D eigenvalue weighted by molar-refractivity contribution is 6.08. The van der Waals surface area contributed by atoms with Gasteiger partial charge in [-0.1, -0.05) is 12.1 Å². The van der Waals surface area contributed by atoms with Crippen molar-refractivity contribution >= 4 is 23.1 Å². The van der Waals surface area contributed by atoms with Gasteiger partial charge in [0, 0.05) is 31.9 Å². The number of nitrogens with zero attached hydrogens (tertiary/aromatic N) is 3. The predicted octanol–water partition coefficient (Wildman–Crippen LogP) is 1.76. The van der Waals surface area contributed by atoms with Crippen LogP contribution in [0.2, 0.25) is 0 Å². The molecule has 3 rings (SSSR count). The molecule has 1 aromatic carbocycles. The second kappa shape index (κ2) is 4.85. The number of nitrogens with two attached hydrogens (primary N) is 1. The Morgan fingerprint density at radius 2 is 1.95 bits per heavy atom. The molecule has 0 bridgehead atoms. The van der Waals surface area contributed by atoms with Crippen molar-refractivity contribution in [1.82, 2.24) is 4.98 Å². The minimum Gasteiger partial charge on any atom is -0.384 e. The average molecular weight is 268 g/mol. The summed E-state index contributed by atoms with van der Waals surface area (Å²) in [6.45, 7) is 1.47. The van der Waals surface area contributed by atoms with Crippen molar-refractivity contribution in [2.75, 3.05) is 35.7 Å². The topological polar surface area (TPSA) is 62.5 Å². The molecule has 1 aromatic heterocycles. The summed E-state index contributed by atoms with van der Waals surface area (Å²) in [5.74, 6) is 0.318. The van der Waals surface area contributed by atoms with Gasteiger partial charge >= 0.3 is 0 Å². The molecule has 0 atom stereocenters. The minimum atomic E-state index is -0.0420. The number of benzene rings is 1. The van der Waals surface area contributed by atoms with E-state index in [9.17, 15) is 4.79 Å². The molecular weight excluding hydrogens is 252 g/mol. The maximum absolute atomic E-state index is 12.6.